The zero-order valence-electron chi connectivity index (χ0n) is 18.6. The third-order valence-electron chi connectivity index (χ3n) is 6.10. The maximum atomic E-state index is 13.4. The van der Waals surface area contributed by atoms with Gasteiger partial charge in [-0.15, -0.1) is 0 Å². The molecule has 0 unspecified atom stereocenters. The Morgan fingerprint density at radius 2 is 1.85 bits per heavy atom. The van der Waals surface area contributed by atoms with Crippen molar-refractivity contribution in [3.8, 4) is 22.6 Å². The number of ether oxygens (including phenoxy) is 2. The van der Waals surface area contributed by atoms with Crippen LogP contribution in [0.1, 0.15) is 16.9 Å². The Labute approximate surface area is 197 Å². The summed E-state index contributed by atoms with van der Waals surface area (Å²) in [6.07, 6.45) is 0.831. The first-order chi connectivity index (χ1) is 16.0. The first kappa shape index (κ1) is 21.6. The normalized spacial score (nSPS) is 13.5. The molecule has 1 aliphatic heterocycles. The van der Waals surface area contributed by atoms with Gasteiger partial charge in [0.25, 0.3) is 0 Å². The molecule has 1 aliphatic rings. The first-order valence-electron chi connectivity index (χ1n) is 10.9. The van der Waals surface area contributed by atoms with E-state index in [-0.39, 0.29) is 5.43 Å². The second-order valence-electron chi connectivity index (χ2n) is 8.18. The number of hydrogen-bond donors (Lipinski definition) is 0. The summed E-state index contributed by atoms with van der Waals surface area (Å²) >= 11 is 6.02. The van der Waals surface area contributed by atoms with Crippen LogP contribution in [0.2, 0.25) is 5.02 Å². The van der Waals surface area contributed by atoms with Gasteiger partial charge in [-0.25, -0.2) is 0 Å². The van der Waals surface area contributed by atoms with E-state index >= 15 is 0 Å². The van der Waals surface area contributed by atoms with E-state index in [9.17, 15) is 4.79 Å². The summed E-state index contributed by atoms with van der Waals surface area (Å²) < 4.78 is 17.7. The molecule has 0 aliphatic carbocycles. The van der Waals surface area contributed by atoms with Crippen LogP contribution in [0.25, 0.3) is 22.1 Å². The van der Waals surface area contributed by atoms with Crippen molar-refractivity contribution in [1.82, 2.24) is 4.90 Å². The van der Waals surface area contributed by atoms with Gasteiger partial charge >= 0.3 is 0 Å². The van der Waals surface area contributed by atoms with Crippen LogP contribution in [0, 0.1) is 6.92 Å². The molecule has 0 radical (unpaired) electrons. The topological polar surface area (TPSA) is 51.9 Å². The van der Waals surface area contributed by atoms with Gasteiger partial charge in [-0.2, -0.15) is 0 Å². The SMILES string of the molecule is COc1ccccc1CCN1COc2ccc3c(=O)c(-c4ccc(Cl)cc4)c(C)oc3c2C1. The van der Waals surface area contributed by atoms with E-state index in [1.165, 1.54) is 0 Å². The molecule has 0 fully saturated rings. The third-order valence-corrected chi connectivity index (χ3v) is 6.36. The predicted octanol–water partition coefficient (Wildman–Crippen LogP) is 5.83. The highest BCUT2D eigenvalue weighted by molar-refractivity contribution is 6.30. The van der Waals surface area contributed by atoms with Gasteiger partial charge in [-0.3, -0.25) is 9.69 Å². The Morgan fingerprint density at radius 1 is 1.06 bits per heavy atom. The van der Waals surface area contributed by atoms with E-state index in [4.69, 9.17) is 25.5 Å². The van der Waals surface area contributed by atoms with Crippen molar-refractivity contribution >= 4 is 22.6 Å². The van der Waals surface area contributed by atoms with Crippen LogP contribution in [0.4, 0.5) is 0 Å². The van der Waals surface area contributed by atoms with Gasteiger partial charge in [0.2, 0.25) is 5.43 Å². The maximum Gasteiger partial charge on any atom is 0.200 e. The van der Waals surface area contributed by atoms with Crippen LogP contribution in [-0.2, 0) is 13.0 Å². The van der Waals surface area contributed by atoms with Crippen LogP contribution < -0.4 is 14.9 Å². The number of hydrogen-bond acceptors (Lipinski definition) is 5. The van der Waals surface area contributed by atoms with Gasteiger partial charge < -0.3 is 13.9 Å². The summed E-state index contributed by atoms with van der Waals surface area (Å²) in [5, 5.41) is 1.18. The second kappa shape index (κ2) is 8.93. The molecule has 0 amide bonds. The number of halogens is 1. The number of fused-ring (bicyclic) bond motifs is 3. The first-order valence-corrected chi connectivity index (χ1v) is 11.2. The van der Waals surface area contributed by atoms with Crippen molar-refractivity contribution in [2.75, 3.05) is 20.4 Å². The molecule has 0 saturated carbocycles. The van der Waals surface area contributed by atoms with E-state index in [2.05, 4.69) is 11.0 Å². The van der Waals surface area contributed by atoms with Crippen LogP contribution in [0.15, 0.2) is 69.9 Å². The number of para-hydroxylation sites is 1. The summed E-state index contributed by atoms with van der Waals surface area (Å²) in [7, 11) is 1.69. The van der Waals surface area contributed by atoms with Crippen molar-refractivity contribution in [3.63, 3.8) is 0 Å². The van der Waals surface area contributed by atoms with Gasteiger partial charge in [0.1, 0.15) is 29.6 Å². The van der Waals surface area contributed by atoms with E-state index in [0.29, 0.717) is 40.6 Å². The maximum absolute atomic E-state index is 13.4. The molecule has 3 aromatic carbocycles. The standard InChI is InChI=1S/C27H24ClNO4/c1-17-25(19-7-9-20(28)10-8-19)26(30)21-11-12-24-22(27(21)33-17)15-29(16-32-24)14-13-18-5-3-4-6-23(18)31-2/h3-12H,13-16H2,1-2H3. The third kappa shape index (κ3) is 4.10. The molecule has 5 rings (SSSR count). The smallest absolute Gasteiger partial charge is 0.200 e. The molecule has 2 heterocycles. The summed E-state index contributed by atoms with van der Waals surface area (Å²) in [5.41, 5.74) is 3.95. The second-order valence-corrected chi connectivity index (χ2v) is 8.61. The van der Waals surface area contributed by atoms with Crippen LogP contribution in [0.3, 0.4) is 0 Å². The van der Waals surface area contributed by atoms with E-state index in [1.54, 1.807) is 25.3 Å². The highest BCUT2D eigenvalue weighted by atomic mass is 35.5. The molecule has 33 heavy (non-hydrogen) atoms. The Hall–Kier alpha value is -3.28. The van der Waals surface area contributed by atoms with Crippen molar-refractivity contribution in [2.45, 2.75) is 19.9 Å². The molecule has 1 aromatic heterocycles. The highest BCUT2D eigenvalue weighted by Crippen LogP contribution is 2.34. The highest BCUT2D eigenvalue weighted by Gasteiger charge is 2.24. The molecule has 5 nitrogen and oxygen atoms in total. The number of benzene rings is 3. The van der Waals surface area contributed by atoms with Crippen molar-refractivity contribution in [2.24, 2.45) is 0 Å². The minimum Gasteiger partial charge on any atom is -0.496 e. The van der Waals surface area contributed by atoms with Crippen molar-refractivity contribution in [3.05, 3.63) is 92.8 Å². The van der Waals surface area contributed by atoms with E-state index in [0.717, 1.165) is 41.2 Å². The monoisotopic (exact) mass is 461 g/mol. The number of methoxy groups -OCH3 is 1. The lowest BCUT2D eigenvalue weighted by Crippen LogP contribution is -2.34. The van der Waals surface area contributed by atoms with E-state index in [1.807, 2.05) is 43.3 Å². The van der Waals surface area contributed by atoms with E-state index < -0.39 is 0 Å². The Kier molecular flexibility index (Phi) is 5.83. The molecule has 6 heteroatoms. The quantitative estimate of drug-likeness (QED) is 0.374. The van der Waals surface area contributed by atoms with Crippen LogP contribution >= 0.6 is 11.6 Å². The minimum atomic E-state index is -0.0509. The molecular weight excluding hydrogens is 438 g/mol. The van der Waals surface area contributed by atoms with Gasteiger partial charge in [0.15, 0.2) is 0 Å². The fourth-order valence-electron chi connectivity index (χ4n) is 4.40. The number of nitrogens with zero attached hydrogens (tertiary/aromatic N) is 1. The lowest BCUT2D eigenvalue weighted by molar-refractivity contribution is 0.0966. The van der Waals surface area contributed by atoms with Crippen molar-refractivity contribution < 1.29 is 13.9 Å². The average Bonchev–Trinajstić information content (AvgIpc) is 2.84. The Bertz CT molecular complexity index is 1380. The molecule has 0 bridgehead atoms. The lowest BCUT2D eigenvalue weighted by atomic mass is 10.0. The summed E-state index contributed by atoms with van der Waals surface area (Å²) in [5.74, 6) is 2.23. The predicted molar refractivity (Wildman–Crippen MR) is 130 cm³/mol. The van der Waals surface area contributed by atoms with Gasteiger partial charge in [-0.1, -0.05) is 41.9 Å². The Morgan fingerprint density at radius 3 is 2.64 bits per heavy atom. The number of rotatable bonds is 5. The van der Waals surface area contributed by atoms with Crippen molar-refractivity contribution in [1.29, 1.82) is 0 Å². The largest absolute Gasteiger partial charge is 0.496 e. The minimum absolute atomic E-state index is 0.0509. The van der Waals surface area contributed by atoms with Crippen LogP contribution in [-0.4, -0.2) is 25.3 Å². The lowest BCUT2D eigenvalue weighted by Gasteiger charge is -2.29. The molecule has 168 valence electrons. The summed E-state index contributed by atoms with van der Waals surface area (Å²) in [6, 6.07) is 18.9. The van der Waals surface area contributed by atoms with Gasteiger partial charge in [0.05, 0.1) is 23.6 Å². The fraction of sp³-hybridized carbons (Fsp3) is 0.222. The summed E-state index contributed by atoms with van der Waals surface area (Å²) in [4.78, 5) is 15.6. The van der Waals surface area contributed by atoms with Gasteiger partial charge in [-0.05, 0) is 54.8 Å². The summed E-state index contributed by atoms with van der Waals surface area (Å²) in [6.45, 7) is 3.75. The molecule has 0 N–H and O–H groups in total. The molecule has 0 atom stereocenters. The fourth-order valence-corrected chi connectivity index (χ4v) is 4.53. The molecular formula is C27H24ClNO4. The zero-order valence-corrected chi connectivity index (χ0v) is 19.3. The molecule has 0 spiro atoms. The molecule has 0 saturated heterocycles. The zero-order chi connectivity index (χ0) is 22.9. The molecule has 4 aromatic rings. The Balaban J connectivity index is 1.47. The number of aryl methyl sites for hydroxylation is 1. The van der Waals surface area contributed by atoms with Gasteiger partial charge in [0, 0.05) is 18.1 Å². The average molecular weight is 462 g/mol. The van der Waals surface area contributed by atoms with Crippen LogP contribution in [0.5, 0.6) is 11.5 Å².